The van der Waals surface area contributed by atoms with Crippen molar-refractivity contribution in [2.24, 2.45) is 0 Å². The Kier molecular flexibility index (Phi) is 4.81. The van der Waals surface area contributed by atoms with Crippen LogP contribution in [0.3, 0.4) is 0 Å². The van der Waals surface area contributed by atoms with Gasteiger partial charge in [-0.2, -0.15) is 11.8 Å². The van der Waals surface area contributed by atoms with Crippen molar-refractivity contribution in [3.8, 4) is 0 Å². The van der Waals surface area contributed by atoms with Crippen LogP contribution in [0.25, 0.3) is 0 Å². The molecule has 122 valence electrons. The average Bonchev–Trinajstić information content (AvgIpc) is 2.60. The van der Waals surface area contributed by atoms with E-state index in [-0.39, 0.29) is 17.5 Å². The normalized spacial score (nSPS) is 12.5. The molecule has 5 heteroatoms. The number of rotatable bonds is 5. The summed E-state index contributed by atoms with van der Waals surface area (Å²) in [6.07, 6.45) is 3.25. The van der Waals surface area contributed by atoms with Gasteiger partial charge < -0.3 is 5.32 Å². The van der Waals surface area contributed by atoms with Gasteiger partial charge in [-0.3, -0.25) is 14.4 Å². The summed E-state index contributed by atoms with van der Waals surface area (Å²) in [6, 6.07) is 11.7. The predicted molar refractivity (Wildman–Crippen MR) is 96.0 cm³/mol. The Bertz CT molecular complexity index is 829. The minimum Gasteiger partial charge on any atom is -0.326 e. The van der Waals surface area contributed by atoms with Crippen LogP contribution in [0.15, 0.2) is 42.5 Å². The highest BCUT2D eigenvalue weighted by Crippen LogP contribution is 2.29. The summed E-state index contributed by atoms with van der Waals surface area (Å²) in [5.41, 5.74) is 2.13. The Morgan fingerprint density at radius 3 is 2.25 bits per heavy atom. The van der Waals surface area contributed by atoms with Gasteiger partial charge in [-0.25, -0.2) is 0 Å². The molecule has 0 fully saturated rings. The Balaban J connectivity index is 1.85. The molecule has 2 aromatic carbocycles. The molecule has 0 radical (unpaired) electrons. The van der Waals surface area contributed by atoms with Crippen molar-refractivity contribution >= 4 is 34.9 Å². The zero-order chi connectivity index (χ0) is 17.1. The van der Waals surface area contributed by atoms with E-state index in [1.54, 1.807) is 54.2 Å². The number of fused-ring (bicyclic) bond motifs is 2. The minimum absolute atomic E-state index is 0.0843. The van der Waals surface area contributed by atoms with Crippen LogP contribution in [0.1, 0.15) is 44.7 Å². The lowest BCUT2D eigenvalue weighted by Gasteiger charge is -2.18. The number of benzene rings is 2. The van der Waals surface area contributed by atoms with Crippen LogP contribution in [-0.4, -0.2) is 29.5 Å². The van der Waals surface area contributed by atoms with Crippen LogP contribution >= 0.6 is 11.8 Å². The third kappa shape index (κ3) is 3.12. The number of anilines is 1. The van der Waals surface area contributed by atoms with Crippen molar-refractivity contribution in [1.82, 2.24) is 0 Å². The first kappa shape index (κ1) is 16.5. The van der Waals surface area contributed by atoms with Gasteiger partial charge in [0.25, 0.3) is 0 Å². The molecule has 0 saturated heterocycles. The lowest BCUT2D eigenvalue weighted by molar-refractivity contribution is -0.116. The summed E-state index contributed by atoms with van der Waals surface area (Å²) in [7, 11) is 0. The molecule has 0 bridgehead atoms. The second-order valence-electron chi connectivity index (χ2n) is 5.61. The minimum atomic E-state index is -0.182. The summed E-state index contributed by atoms with van der Waals surface area (Å²) in [6.45, 7) is 0. The van der Waals surface area contributed by atoms with Crippen molar-refractivity contribution in [2.75, 3.05) is 17.3 Å². The number of carbonyl (C=O) groups excluding carboxylic acids is 3. The van der Waals surface area contributed by atoms with Crippen LogP contribution in [0.5, 0.6) is 0 Å². The molecule has 0 saturated carbocycles. The first-order valence-corrected chi connectivity index (χ1v) is 9.12. The average molecular weight is 339 g/mol. The molecule has 0 unspecified atom stereocenters. The maximum absolute atomic E-state index is 12.6. The van der Waals surface area contributed by atoms with Crippen LogP contribution in [0.2, 0.25) is 0 Å². The topological polar surface area (TPSA) is 63.2 Å². The molecular weight excluding hydrogens is 322 g/mol. The van der Waals surface area contributed by atoms with Crippen LogP contribution < -0.4 is 5.32 Å². The summed E-state index contributed by atoms with van der Waals surface area (Å²) in [4.78, 5) is 37.1. The van der Waals surface area contributed by atoms with E-state index in [0.29, 0.717) is 34.4 Å². The Labute approximate surface area is 144 Å². The van der Waals surface area contributed by atoms with Gasteiger partial charge in [-0.15, -0.1) is 0 Å². The van der Waals surface area contributed by atoms with Crippen molar-refractivity contribution < 1.29 is 14.4 Å². The maximum Gasteiger partial charge on any atom is 0.224 e. The second kappa shape index (κ2) is 7.01. The number of ketones is 2. The number of carbonyl (C=O) groups is 3. The Morgan fingerprint density at radius 1 is 0.958 bits per heavy atom. The molecule has 1 aliphatic carbocycles. The molecule has 0 spiro atoms. The molecule has 24 heavy (non-hydrogen) atoms. The first-order valence-electron chi connectivity index (χ1n) is 7.73. The number of nitrogens with one attached hydrogen (secondary N) is 1. The van der Waals surface area contributed by atoms with Gasteiger partial charge in [0.1, 0.15) is 0 Å². The summed E-state index contributed by atoms with van der Waals surface area (Å²) in [5, 5.41) is 2.80. The monoisotopic (exact) mass is 339 g/mol. The summed E-state index contributed by atoms with van der Waals surface area (Å²) < 4.78 is 0. The molecule has 0 heterocycles. The van der Waals surface area contributed by atoms with Gasteiger partial charge in [0, 0.05) is 34.4 Å². The SMILES string of the molecule is CSCCCC(=O)Nc1ccc2c(c1)C(=O)c1ccccc1C2=O. The van der Waals surface area contributed by atoms with Gasteiger partial charge >= 0.3 is 0 Å². The van der Waals surface area contributed by atoms with Crippen LogP contribution in [0, 0.1) is 0 Å². The fraction of sp³-hybridized carbons (Fsp3) is 0.211. The van der Waals surface area contributed by atoms with Crippen molar-refractivity contribution in [3.05, 3.63) is 64.7 Å². The van der Waals surface area contributed by atoms with E-state index in [1.165, 1.54) is 0 Å². The van der Waals surface area contributed by atoms with Crippen molar-refractivity contribution in [1.29, 1.82) is 0 Å². The maximum atomic E-state index is 12.6. The molecule has 1 amide bonds. The zero-order valence-corrected chi connectivity index (χ0v) is 14.1. The van der Waals surface area contributed by atoms with Crippen molar-refractivity contribution in [2.45, 2.75) is 12.8 Å². The molecule has 0 atom stereocenters. The van der Waals surface area contributed by atoms with Crippen molar-refractivity contribution in [3.63, 3.8) is 0 Å². The second-order valence-corrected chi connectivity index (χ2v) is 6.59. The third-order valence-corrected chi connectivity index (χ3v) is 4.66. The highest BCUT2D eigenvalue weighted by molar-refractivity contribution is 7.98. The Morgan fingerprint density at radius 2 is 1.58 bits per heavy atom. The highest BCUT2D eigenvalue weighted by atomic mass is 32.2. The van der Waals surface area contributed by atoms with Gasteiger partial charge in [0.2, 0.25) is 5.91 Å². The van der Waals surface area contributed by atoms with E-state index in [1.807, 2.05) is 6.26 Å². The quantitative estimate of drug-likeness (QED) is 0.722. The van der Waals surface area contributed by atoms with E-state index in [9.17, 15) is 14.4 Å². The van der Waals surface area contributed by atoms with E-state index in [0.717, 1.165) is 12.2 Å². The zero-order valence-electron chi connectivity index (χ0n) is 13.3. The van der Waals surface area contributed by atoms with Gasteiger partial charge in [-0.1, -0.05) is 24.3 Å². The smallest absolute Gasteiger partial charge is 0.224 e. The molecule has 1 aliphatic rings. The van der Waals surface area contributed by atoms with Gasteiger partial charge in [0.15, 0.2) is 11.6 Å². The fourth-order valence-corrected chi connectivity index (χ4v) is 3.21. The fourth-order valence-electron chi connectivity index (χ4n) is 2.78. The molecule has 2 aromatic rings. The first-order chi connectivity index (χ1) is 11.6. The Hall–Kier alpha value is -2.40. The molecule has 4 nitrogen and oxygen atoms in total. The summed E-state index contributed by atoms with van der Waals surface area (Å²) >= 11 is 1.70. The van der Waals surface area contributed by atoms with E-state index in [4.69, 9.17) is 0 Å². The summed E-state index contributed by atoms with van der Waals surface area (Å²) in [5.74, 6) is 0.511. The third-order valence-electron chi connectivity index (χ3n) is 3.96. The number of hydrogen-bond donors (Lipinski definition) is 1. The molecular formula is C19H17NO3S. The molecule has 1 N–H and O–H groups in total. The van der Waals surface area contributed by atoms with Crippen LogP contribution in [-0.2, 0) is 4.79 Å². The molecule has 0 aliphatic heterocycles. The van der Waals surface area contributed by atoms with E-state index < -0.39 is 0 Å². The van der Waals surface area contributed by atoms with Gasteiger partial charge in [0.05, 0.1) is 0 Å². The van der Waals surface area contributed by atoms with E-state index >= 15 is 0 Å². The molecule has 3 rings (SSSR count). The standard InChI is InChI=1S/C19H17NO3S/c1-24-10-4-7-17(21)20-12-8-9-15-16(11-12)19(23)14-6-3-2-5-13(14)18(15)22/h2-3,5-6,8-9,11H,4,7,10H2,1H3,(H,20,21). The number of amides is 1. The highest BCUT2D eigenvalue weighted by Gasteiger charge is 2.29. The largest absolute Gasteiger partial charge is 0.326 e. The lowest BCUT2D eigenvalue weighted by atomic mass is 9.84. The lowest BCUT2D eigenvalue weighted by Crippen LogP contribution is -2.21. The number of thioether (sulfide) groups is 1. The van der Waals surface area contributed by atoms with Gasteiger partial charge in [-0.05, 0) is 36.6 Å². The number of hydrogen-bond acceptors (Lipinski definition) is 4. The molecule has 0 aromatic heterocycles. The van der Waals surface area contributed by atoms with Crippen LogP contribution in [0.4, 0.5) is 5.69 Å². The van der Waals surface area contributed by atoms with E-state index in [2.05, 4.69) is 5.32 Å². The predicted octanol–water partition coefficient (Wildman–Crippen LogP) is 3.54.